The molecule has 1 heterocycles. The largest absolute Gasteiger partial charge is 0.468 e. The fourth-order valence-electron chi connectivity index (χ4n) is 1.89. The zero-order valence-electron chi connectivity index (χ0n) is 8.57. The number of rotatable bonds is 3. The summed E-state index contributed by atoms with van der Waals surface area (Å²) in [6.07, 6.45) is 10.0. The van der Waals surface area contributed by atoms with Gasteiger partial charge in [-0.2, -0.15) is 0 Å². The van der Waals surface area contributed by atoms with Crippen LogP contribution in [0.3, 0.4) is 0 Å². The smallest absolute Gasteiger partial charge is 0.120 e. The number of furan rings is 1. The van der Waals surface area contributed by atoms with Crippen molar-refractivity contribution in [3.05, 3.63) is 36.3 Å². The second-order valence-corrected chi connectivity index (χ2v) is 3.87. The molecule has 1 N–H and O–H groups in total. The SMILES string of the molecule is C[C@H](NC1C=CCCC1)c1ccco1. The molecule has 76 valence electrons. The molecule has 0 fully saturated rings. The molecule has 1 unspecified atom stereocenters. The van der Waals surface area contributed by atoms with Gasteiger partial charge < -0.3 is 9.73 Å². The standard InChI is InChI=1S/C12H17NO/c1-10(12-8-5-9-14-12)13-11-6-3-2-4-7-11/h3,5-6,8-11,13H,2,4,7H2,1H3/t10-,11?/m0/s1. The van der Waals surface area contributed by atoms with E-state index in [-0.39, 0.29) is 0 Å². The maximum Gasteiger partial charge on any atom is 0.120 e. The molecule has 0 aromatic carbocycles. The molecule has 0 radical (unpaired) electrons. The third kappa shape index (κ3) is 2.26. The van der Waals surface area contributed by atoms with Crippen LogP contribution in [-0.2, 0) is 0 Å². The summed E-state index contributed by atoms with van der Waals surface area (Å²) in [7, 11) is 0. The lowest BCUT2D eigenvalue weighted by Gasteiger charge is -2.21. The number of hydrogen-bond acceptors (Lipinski definition) is 2. The highest BCUT2D eigenvalue weighted by molar-refractivity contribution is 5.06. The molecule has 1 aromatic rings. The van der Waals surface area contributed by atoms with Gasteiger partial charge in [0.15, 0.2) is 0 Å². The van der Waals surface area contributed by atoms with E-state index < -0.39 is 0 Å². The lowest BCUT2D eigenvalue weighted by molar-refractivity contribution is 0.396. The van der Waals surface area contributed by atoms with Crippen LogP contribution in [0.25, 0.3) is 0 Å². The second-order valence-electron chi connectivity index (χ2n) is 3.87. The quantitative estimate of drug-likeness (QED) is 0.743. The van der Waals surface area contributed by atoms with Crippen LogP contribution in [0, 0.1) is 0 Å². The molecule has 0 saturated heterocycles. The van der Waals surface area contributed by atoms with Crippen LogP contribution in [0.15, 0.2) is 35.0 Å². The average Bonchev–Trinajstić information content (AvgIpc) is 2.72. The highest BCUT2D eigenvalue weighted by atomic mass is 16.3. The van der Waals surface area contributed by atoms with Crippen molar-refractivity contribution in [3.8, 4) is 0 Å². The predicted molar refractivity (Wildman–Crippen MR) is 57.0 cm³/mol. The zero-order valence-corrected chi connectivity index (χ0v) is 8.57. The molecule has 2 atom stereocenters. The molecule has 2 rings (SSSR count). The van der Waals surface area contributed by atoms with Crippen LogP contribution >= 0.6 is 0 Å². The normalized spacial score (nSPS) is 23.6. The highest BCUT2D eigenvalue weighted by Gasteiger charge is 2.13. The van der Waals surface area contributed by atoms with E-state index in [2.05, 4.69) is 24.4 Å². The van der Waals surface area contributed by atoms with Crippen LogP contribution in [0.4, 0.5) is 0 Å². The van der Waals surface area contributed by atoms with Gasteiger partial charge >= 0.3 is 0 Å². The van der Waals surface area contributed by atoms with Crippen LogP contribution in [0.2, 0.25) is 0 Å². The molecule has 0 aliphatic heterocycles. The van der Waals surface area contributed by atoms with Gasteiger partial charge in [-0.15, -0.1) is 0 Å². The van der Waals surface area contributed by atoms with E-state index in [0.717, 1.165) is 5.76 Å². The van der Waals surface area contributed by atoms with E-state index in [9.17, 15) is 0 Å². The Morgan fingerprint density at radius 3 is 3.14 bits per heavy atom. The molecule has 0 amide bonds. The average molecular weight is 191 g/mol. The van der Waals surface area contributed by atoms with Crippen molar-refractivity contribution in [2.75, 3.05) is 0 Å². The summed E-state index contributed by atoms with van der Waals surface area (Å²) in [5.74, 6) is 1.02. The molecule has 1 aliphatic rings. The topological polar surface area (TPSA) is 25.2 Å². The van der Waals surface area contributed by atoms with Gasteiger partial charge in [0.05, 0.1) is 12.3 Å². The van der Waals surface area contributed by atoms with Crippen molar-refractivity contribution >= 4 is 0 Å². The Labute approximate surface area is 85.0 Å². The Kier molecular flexibility index (Phi) is 3.04. The van der Waals surface area contributed by atoms with Crippen molar-refractivity contribution in [3.63, 3.8) is 0 Å². The fourth-order valence-corrected chi connectivity index (χ4v) is 1.89. The Bertz CT molecular complexity index is 289. The summed E-state index contributed by atoms with van der Waals surface area (Å²) in [5, 5.41) is 3.54. The monoisotopic (exact) mass is 191 g/mol. The lowest BCUT2D eigenvalue weighted by atomic mass is 10.0. The molecule has 0 spiro atoms. The minimum Gasteiger partial charge on any atom is -0.468 e. The number of hydrogen-bond donors (Lipinski definition) is 1. The summed E-state index contributed by atoms with van der Waals surface area (Å²) in [5.41, 5.74) is 0. The van der Waals surface area contributed by atoms with Crippen LogP contribution in [0.1, 0.15) is 38.0 Å². The highest BCUT2D eigenvalue weighted by Crippen LogP contribution is 2.17. The fraction of sp³-hybridized carbons (Fsp3) is 0.500. The molecular formula is C12H17NO. The minimum atomic E-state index is 0.303. The molecular weight excluding hydrogens is 174 g/mol. The van der Waals surface area contributed by atoms with E-state index in [1.54, 1.807) is 6.26 Å². The van der Waals surface area contributed by atoms with Gasteiger partial charge in [-0.3, -0.25) is 0 Å². The summed E-state index contributed by atoms with van der Waals surface area (Å²) in [6, 6.07) is 4.77. The molecule has 2 heteroatoms. The van der Waals surface area contributed by atoms with E-state index in [1.165, 1.54) is 19.3 Å². The molecule has 0 saturated carbocycles. The Morgan fingerprint density at radius 2 is 2.50 bits per heavy atom. The molecule has 1 aromatic heterocycles. The van der Waals surface area contributed by atoms with Crippen molar-refractivity contribution in [2.24, 2.45) is 0 Å². The molecule has 0 bridgehead atoms. The summed E-state index contributed by atoms with van der Waals surface area (Å²) in [6.45, 7) is 2.14. The maximum atomic E-state index is 5.35. The second kappa shape index (κ2) is 4.47. The first-order valence-electron chi connectivity index (χ1n) is 5.32. The third-order valence-electron chi connectivity index (χ3n) is 2.69. The van der Waals surface area contributed by atoms with Gasteiger partial charge in [-0.05, 0) is 38.3 Å². The van der Waals surface area contributed by atoms with Gasteiger partial charge in [0, 0.05) is 6.04 Å². The van der Waals surface area contributed by atoms with Crippen LogP contribution in [-0.4, -0.2) is 6.04 Å². The number of nitrogens with one attached hydrogen (secondary N) is 1. The first-order chi connectivity index (χ1) is 6.86. The van der Waals surface area contributed by atoms with Gasteiger partial charge in [0.25, 0.3) is 0 Å². The first kappa shape index (κ1) is 9.53. The molecule has 14 heavy (non-hydrogen) atoms. The maximum absolute atomic E-state index is 5.35. The predicted octanol–water partition coefficient (Wildman–Crippen LogP) is 3.04. The van der Waals surface area contributed by atoms with Gasteiger partial charge in [-0.25, -0.2) is 0 Å². The lowest BCUT2D eigenvalue weighted by Crippen LogP contribution is -2.30. The van der Waals surface area contributed by atoms with Crippen LogP contribution in [0.5, 0.6) is 0 Å². The number of allylic oxidation sites excluding steroid dienone is 1. The summed E-state index contributed by atoms with van der Waals surface area (Å²) < 4.78 is 5.35. The minimum absolute atomic E-state index is 0.303. The van der Waals surface area contributed by atoms with E-state index in [4.69, 9.17) is 4.42 Å². The van der Waals surface area contributed by atoms with E-state index >= 15 is 0 Å². The van der Waals surface area contributed by atoms with E-state index in [0.29, 0.717) is 12.1 Å². The van der Waals surface area contributed by atoms with E-state index in [1.807, 2.05) is 12.1 Å². The molecule has 1 aliphatic carbocycles. The third-order valence-corrected chi connectivity index (χ3v) is 2.69. The first-order valence-corrected chi connectivity index (χ1v) is 5.32. The Balaban J connectivity index is 1.91. The summed E-state index contributed by atoms with van der Waals surface area (Å²) in [4.78, 5) is 0. The van der Waals surface area contributed by atoms with Crippen molar-refractivity contribution in [1.82, 2.24) is 5.32 Å². The van der Waals surface area contributed by atoms with Crippen molar-refractivity contribution in [2.45, 2.75) is 38.3 Å². The van der Waals surface area contributed by atoms with Gasteiger partial charge in [0.1, 0.15) is 5.76 Å². The molecule has 2 nitrogen and oxygen atoms in total. The summed E-state index contributed by atoms with van der Waals surface area (Å²) >= 11 is 0. The van der Waals surface area contributed by atoms with Crippen LogP contribution < -0.4 is 5.32 Å². The van der Waals surface area contributed by atoms with Crippen molar-refractivity contribution in [1.29, 1.82) is 0 Å². The van der Waals surface area contributed by atoms with Crippen molar-refractivity contribution < 1.29 is 4.42 Å². The van der Waals surface area contributed by atoms with Gasteiger partial charge in [-0.1, -0.05) is 12.2 Å². The van der Waals surface area contributed by atoms with Gasteiger partial charge in [0.2, 0.25) is 0 Å². The zero-order chi connectivity index (χ0) is 9.80. The Morgan fingerprint density at radius 1 is 1.57 bits per heavy atom. The Hall–Kier alpha value is -1.02.